The molecule has 0 aromatic heterocycles. The summed E-state index contributed by atoms with van der Waals surface area (Å²) in [5, 5.41) is 0. The number of aryl methyl sites for hydroxylation is 3. The number of fused-ring (bicyclic) bond motifs is 1. The van der Waals surface area contributed by atoms with Crippen LogP contribution in [0.1, 0.15) is 54.5 Å². The first-order valence-corrected chi connectivity index (χ1v) is 11.2. The van der Waals surface area contributed by atoms with Crippen molar-refractivity contribution >= 4 is 10.0 Å². The first kappa shape index (κ1) is 20.7. The van der Waals surface area contributed by atoms with Crippen LogP contribution < -0.4 is 14.2 Å². The van der Waals surface area contributed by atoms with E-state index in [1.165, 1.54) is 12.7 Å². The third-order valence-electron chi connectivity index (χ3n) is 5.44. The Labute approximate surface area is 168 Å². The smallest absolute Gasteiger partial charge is 0.244 e. The Bertz CT molecular complexity index is 953. The van der Waals surface area contributed by atoms with Crippen molar-refractivity contribution < 1.29 is 17.9 Å². The van der Waals surface area contributed by atoms with Crippen molar-refractivity contribution in [3.63, 3.8) is 0 Å². The van der Waals surface area contributed by atoms with E-state index in [0.717, 1.165) is 48.1 Å². The summed E-state index contributed by atoms with van der Waals surface area (Å²) in [4.78, 5) is 0.222. The molecule has 0 aliphatic heterocycles. The fourth-order valence-corrected chi connectivity index (χ4v) is 5.38. The highest BCUT2D eigenvalue weighted by atomic mass is 32.2. The van der Waals surface area contributed by atoms with Crippen molar-refractivity contribution in [2.45, 2.75) is 56.9 Å². The molecule has 0 saturated heterocycles. The van der Waals surface area contributed by atoms with Gasteiger partial charge in [-0.15, -0.1) is 0 Å². The van der Waals surface area contributed by atoms with Crippen LogP contribution in [-0.4, -0.2) is 22.6 Å². The molecule has 1 N–H and O–H groups in total. The van der Waals surface area contributed by atoms with Crippen LogP contribution in [-0.2, 0) is 22.9 Å². The van der Waals surface area contributed by atoms with Gasteiger partial charge in [-0.1, -0.05) is 19.1 Å². The topological polar surface area (TPSA) is 64.6 Å². The highest BCUT2D eigenvalue weighted by molar-refractivity contribution is 7.89. The van der Waals surface area contributed by atoms with Crippen molar-refractivity contribution in [3.8, 4) is 11.5 Å². The van der Waals surface area contributed by atoms with E-state index < -0.39 is 10.0 Å². The van der Waals surface area contributed by atoms with Gasteiger partial charge in [0.05, 0.1) is 14.2 Å². The second-order valence-corrected chi connectivity index (χ2v) is 8.97. The number of rotatable bonds is 7. The van der Waals surface area contributed by atoms with Gasteiger partial charge in [-0.05, 0) is 79.5 Å². The maximum atomic E-state index is 13.2. The number of hydrogen-bond donors (Lipinski definition) is 1. The number of hydrogen-bond acceptors (Lipinski definition) is 4. The monoisotopic (exact) mass is 403 g/mol. The van der Waals surface area contributed by atoms with E-state index in [-0.39, 0.29) is 10.9 Å². The molecule has 6 heteroatoms. The van der Waals surface area contributed by atoms with Crippen LogP contribution in [0.5, 0.6) is 11.5 Å². The summed E-state index contributed by atoms with van der Waals surface area (Å²) in [7, 11) is -0.580. The molecule has 2 aromatic carbocycles. The van der Waals surface area contributed by atoms with E-state index in [2.05, 4.69) is 4.72 Å². The molecule has 5 nitrogen and oxygen atoms in total. The molecule has 1 aliphatic rings. The first-order valence-electron chi connectivity index (χ1n) is 9.76. The molecule has 0 bridgehead atoms. The summed E-state index contributed by atoms with van der Waals surface area (Å²) in [5.74, 6) is 1.20. The van der Waals surface area contributed by atoms with Crippen LogP contribution in [0.2, 0.25) is 0 Å². The van der Waals surface area contributed by atoms with Crippen LogP contribution >= 0.6 is 0 Å². The molecular weight excluding hydrogens is 374 g/mol. The molecule has 1 unspecified atom stereocenters. The summed E-state index contributed by atoms with van der Waals surface area (Å²) in [6, 6.07) is 9.12. The third-order valence-corrected chi connectivity index (χ3v) is 6.94. The minimum absolute atomic E-state index is 0.222. The highest BCUT2D eigenvalue weighted by Crippen LogP contribution is 2.33. The maximum absolute atomic E-state index is 13.2. The molecule has 1 aliphatic carbocycles. The standard InChI is InChI=1S/C22H29NO4S/c1-5-19(18-10-11-20(26-3)15(2)12-18)23-28(24,25)22-14-17-9-7-6-8-16(17)13-21(22)27-4/h10-14,19,23H,5-9H2,1-4H3. The minimum Gasteiger partial charge on any atom is -0.496 e. The lowest BCUT2D eigenvalue weighted by molar-refractivity contribution is 0.400. The Morgan fingerprint density at radius 1 is 1.00 bits per heavy atom. The predicted molar refractivity (Wildman–Crippen MR) is 111 cm³/mol. The second kappa shape index (κ2) is 8.53. The van der Waals surface area contributed by atoms with Gasteiger partial charge in [-0.3, -0.25) is 0 Å². The van der Waals surface area contributed by atoms with Gasteiger partial charge in [0.25, 0.3) is 0 Å². The van der Waals surface area contributed by atoms with Crippen LogP contribution in [0.3, 0.4) is 0 Å². The number of sulfonamides is 1. The average molecular weight is 404 g/mol. The van der Waals surface area contributed by atoms with Gasteiger partial charge in [-0.2, -0.15) is 0 Å². The highest BCUT2D eigenvalue weighted by Gasteiger charge is 2.26. The molecular formula is C22H29NO4S. The predicted octanol–water partition coefficient (Wildman–Crippen LogP) is 4.32. The van der Waals surface area contributed by atoms with Gasteiger partial charge in [-0.25, -0.2) is 13.1 Å². The molecule has 3 rings (SSSR count). The molecule has 0 heterocycles. The van der Waals surface area contributed by atoms with Crippen molar-refractivity contribution in [1.82, 2.24) is 4.72 Å². The fraction of sp³-hybridized carbons (Fsp3) is 0.455. The summed E-state index contributed by atoms with van der Waals surface area (Å²) < 4.78 is 40.1. The summed E-state index contributed by atoms with van der Waals surface area (Å²) in [6.07, 6.45) is 4.75. The molecule has 28 heavy (non-hydrogen) atoms. The maximum Gasteiger partial charge on any atom is 0.244 e. The Hall–Kier alpha value is -2.05. The quantitative estimate of drug-likeness (QED) is 0.748. The van der Waals surface area contributed by atoms with Crippen LogP contribution in [0.15, 0.2) is 35.2 Å². The summed E-state index contributed by atoms with van der Waals surface area (Å²) >= 11 is 0. The molecule has 152 valence electrons. The van der Waals surface area contributed by atoms with Crippen molar-refractivity contribution in [2.24, 2.45) is 0 Å². The Morgan fingerprint density at radius 2 is 1.64 bits per heavy atom. The van der Waals surface area contributed by atoms with Crippen LogP contribution in [0, 0.1) is 6.92 Å². The van der Waals surface area contributed by atoms with E-state index in [1.807, 2.05) is 38.1 Å². The van der Waals surface area contributed by atoms with Gasteiger partial charge in [0.2, 0.25) is 10.0 Å². The molecule has 2 aromatic rings. The average Bonchev–Trinajstić information content (AvgIpc) is 2.70. The third kappa shape index (κ3) is 4.18. The van der Waals surface area contributed by atoms with Gasteiger partial charge in [0.1, 0.15) is 16.4 Å². The van der Waals surface area contributed by atoms with Gasteiger partial charge in [0, 0.05) is 6.04 Å². The van der Waals surface area contributed by atoms with Crippen LogP contribution in [0.25, 0.3) is 0 Å². The first-order chi connectivity index (χ1) is 13.4. The molecule has 0 spiro atoms. The van der Waals surface area contributed by atoms with Crippen molar-refractivity contribution in [1.29, 1.82) is 0 Å². The molecule has 0 saturated carbocycles. The molecule has 0 radical (unpaired) electrons. The molecule has 1 atom stereocenters. The lowest BCUT2D eigenvalue weighted by atomic mass is 9.92. The largest absolute Gasteiger partial charge is 0.496 e. The normalized spacial score (nSPS) is 15.0. The summed E-state index contributed by atoms with van der Waals surface area (Å²) in [5.41, 5.74) is 4.20. The SMILES string of the molecule is CCC(NS(=O)(=O)c1cc2c(cc1OC)CCCC2)c1ccc(OC)c(C)c1. The summed E-state index contributed by atoms with van der Waals surface area (Å²) in [6.45, 7) is 3.92. The van der Waals surface area contributed by atoms with E-state index in [1.54, 1.807) is 13.2 Å². The zero-order valence-corrected chi connectivity index (χ0v) is 17.9. The Morgan fingerprint density at radius 3 is 2.21 bits per heavy atom. The Kier molecular flexibility index (Phi) is 6.30. The van der Waals surface area contributed by atoms with Gasteiger partial charge < -0.3 is 9.47 Å². The van der Waals surface area contributed by atoms with E-state index in [9.17, 15) is 8.42 Å². The number of methoxy groups -OCH3 is 2. The Balaban J connectivity index is 1.95. The molecule has 0 fully saturated rings. The number of nitrogens with one attached hydrogen (secondary N) is 1. The van der Waals surface area contributed by atoms with E-state index in [4.69, 9.17) is 9.47 Å². The van der Waals surface area contributed by atoms with E-state index in [0.29, 0.717) is 12.2 Å². The van der Waals surface area contributed by atoms with Gasteiger partial charge in [0.15, 0.2) is 0 Å². The zero-order valence-electron chi connectivity index (χ0n) is 17.0. The minimum atomic E-state index is -3.73. The van der Waals surface area contributed by atoms with Crippen LogP contribution in [0.4, 0.5) is 0 Å². The number of benzene rings is 2. The fourth-order valence-electron chi connectivity index (χ4n) is 3.87. The van der Waals surface area contributed by atoms with E-state index >= 15 is 0 Å². The lowest BCUT2D eigenvalue weighted by Crippen LogP contribution is -2.29. The second-order valence-electron chi connectivity index (χ2n) is 7.29. The molecule has 0 amide bonds. The zero-order chi connectivity index (χ0) is 20.3. The number of ether oxygens (including phenoxy) is 2. The van der Waals surface area contributed by atoms with Gasteiger partial charge >= 0.3 is 0 Å². The lowest BCUT2D eigenvalue weighted by Gasteiger charge is -2.22. The van der Waals surface area contributed by atoms with Crippen molar-refractivity contribution in [2.75, 3.05) is 14.2 Å². The van der Waals surface area contributed by atoms with Crippen molar-refractivity contribution in [3.05, 3.63) is 52.6 Å².